The van der Waals surface area contributed by atoms with Gasteiger partial charge in [0.1, 0.15) is 0 Å². The molecule has 0 fully saturated rings. The number of nitrogens with zero attached hydrogens (tertiary/aromatic N) is 6. The summed E-state index contributed by atoms with van der Waals surface area (Å²) < 4.78 is 5.09. The van der Waals surface area contributed by atoms with Crippen LogP contribution in [-0.4, -0.2) is 29.6 Å². The molecule has 0 saturated carbocycles. The van der Waals surface area contributed by atoms with E-state index in [0.29, 0.717) is 0 Å². The molecule has 5 rings (SSSR count). The van der Waals surface area contributed by atoms with E-state index in [1.807, 2.05) is 41.9 Å². The number of hydrogen-bond acceptors (Lipinski definition) is 5. The van der Waals surface area contributed by atoms with Gasteiger partial charge in [0.25, 0.3) is 0 Å². The fourth-order valence-corrected chi connectivity index (χ4v) is 4.06. The third kappa shape index (κ3) is 2.02. The molecule has 0 radical (unpaired) electrons. The Balaban J connectivity index is 1.75. The first-order valence-corrected chi connectivity index (χ1v) is 8.77. The lowest BCUT2D eigenvalue weighted by Crippen LogP contribution is -2.01. The van der Waals surface area contributed by atoms with Crippen LogP contribution in [0.15, 0.2) is 48.5 Å². The number of hydrogen-bond donors (Lipinski definition) is 0. The van der Waals surface area contributed by atoms with Gasteiger partial charge in [0, 0.05) is 0 Å². The van der Waals surface area contributed by atoms with Crippen molar-refractivity contribution >= 4 is 26.5 Å². The van der Waals surface area contributed by atoms with Gasteiger partial charge < -0.3 is 0 Å². The second-order valence-electron chi connectivity index (χ2n) is 5.93. The van der Waals surface area contributed by atoms with Crippen molar-refractivity contribution in [2.24, 2.45) is 0 Å². The number of fused-ring (bicyclic) bond motifs is 3. The van der Waals surface area contributed by atoms with Crippen LogP contribution >= 0.6 is 11.3 Å². The number of aromatic nitrogens is 6. The average Bonchev–Trinajstić information content (AvgIpc) is 3.29. The lowest BCUT2D eigenvalue weighted by molar-refractivity contribution is 0.780. The Kier molecular flexibility index (Phi) is 2.98. The van der Waals surface area contributed by atoms with Crippen LogP contribution in [0.3, 0.4) is 0 Å². The molecule has 0 atom stereocenters. The molecule has 0 saturated heterocycles. The molecule has 6 nitrogen and oxygen atoms in total. The minimum absolute atomic E-state index is 0.727. The van der Waals surface area contributed by atoms with Crippen LogP contribution in [0.4, 0.5) is 0 Å². The fourth-order valence-electron chi connectivity index (χ4n) is 3.10. The predicted molar refractivity (Wildman–Crippen MR) is 98.2 cm³/mol. The van der Waals surface area contributed by atoms with Crippen LogP contribution in [0.5, 0.6) is 0 Å². The summed E-state index contributed by atoms with van der Waals surface area (Å²) in [6.45, 7) is 4.08. The second kappa shape index (κ2) is 5.22. The average molecular weight is 346 g/mol. The first-order valence-electron chi connectivity index (χ1n) is 7.95. The van der Waals surface area contributed by atoms with Crippen LogP contribution in [0.2, 0.25) is 0 Å². The largest absolute Gasteiger partial charge is 0.264 e. The zero-order valence-electron chi connectivity index (χ0n) is 13.7. The molecule has 7 heteroatoms. The maximum atomic E-state index is 4.41. The van der Waals surface area contributed by atoms with E-state index in [4.69, 9.17) is 0 Å². The van der Waals surface area contributed by atoms with Gasteiger partial charge in [-0.05, 0) is 37.6 Å². The van der Waals surface area contributed by atoms with E-state index in [2.05, 4.69) is 50.0 Å². The van der Waals surface area contributed by atoms with Crippen LogP contribution in [0, 0.1) is 13.8 Å². The summed E-state index contributed by atoms with van der Waals surface area (Å²) in [4.78, 5) is 0.862. The highest BCUT2D eigenvalue weighted by Crippen LogP contribution is 2.30. The molecule has 5 aromatic rings. The molecular formula is C18H14N6S. The number of benzene rings is 2. The van der Waals surface area contributed by atoms with Crippen LogP contribution in [0.25, 0.3) is 32.4 Å². The topological polar surface area (TPSA) is 60.9 Å². The third-order valence-corrected chi connectivity index (χ3v) is 5.40. The van der Waals surface area contributed by atoms with Crippen molar-refractivity contribution in [1.29, 1.82) is 0 Å². The van der Waals surface area contributed by atoms with Crippen LogP contribution < -0.4 is 0 Å². The van der Waals surface area contributed by atoms with E-state index in [1.165, 1.54) is 4.70 Å². The van der Waals surface area contributed by atoms with Crippen molar-refractivity contribution in [3.8, 4) is 17.2 Å². The van der Waals surface area contributed by atoms with E-state index in [9.17, 15) is 0 Å². The second-order valence-corrected chi connectivity index (χ2v) is 6.94. The van der Waals surface area contributed by atoms with Gasteiger partial charge in [-0.3, -0.25) is 4.40 Å². The van der Waals surface area contributed by atoms with Crippen molar-refractivity contribution < 1.29 is 0 Å². The number of thiazole rings is 1. The summed E-state index contributed by atoms with van der Waals surface area (Å²) in [5, 5.41) is 17.5. The maximum absolute atomic E-state index is 4.41. The van der Waals surface area contributed by atoms with E-state index in [-0.39, 0.29) is 0 Å². The molecule has 0 aliphatic carbocycles. The zero-order chi connectivity index (χ0) is 17.0. The summed E-state index contributed by atoms with van der Waals surface area (Å²) >= 11 is 1.62. The normalized spacial score (nSPS) is 11.6. The van der Waals surface area contributed by atoms with Crippen LogP contribution in [-0.2, 0) is 0 Å². The molecule has 3 aromatic heterocycles. The van der Waals surface area contributed by atoms with Crippen molar-refractivity contribution in [2.45, 2.75) is 13.8 Å². The van der Waals surface area contributed by atoms with Crippen molar-refractivity contribution in [3.63, 3.8) is 0 Å². The molecule has 2 aromatic carbocycles. The van der Waals surface area contributed by atoms with Gasteiger partial charge in [-0.1, -0.05) is 46.9 Å². The van der Waals surface area contributed by atoms with E-state index < -0.39 is 0 Å². The van der Waals surface area contributed by atoms with E-state index in [0.717, 1.165) is 38.9 Å². The van der Waals surface area contributed by atoms with Crippen molar-refractivity contribution in [3.05, 3.63) is 59.8 Å². The van der Waals surface area contributed by atoms with E-state index >= 15 is 0 Å². The fraction of sp³-hybridized carbons (Fsp3) is 0.111. The Labute approximate surface area is 147 Å². The minimum Gasteiger partial charge on any atom is -0.264 e. The molecule has 0 bridgehead atoms. The lowest BCUT2D eigenvalue weighted by Gasteiger charge is -2.06. The molecule has 25 heavy (non-hydrogen) atoms. The molecule has 0 N–H and O–H groups in total. The van der Waals surface area contributed by atoms with Gasteiger partial charge in [-0.25, -0.2) is 4.68 Å². The standard InChI is InChI=1S/C18H14N6S/c1-11-7-3-4-8-13(11)24-12(2)16(19-22-24)17-20-21-18-23(17)14-9-5-6-10-15(14)25-18/h3-10H,1-2H3. The Morgan fingerprint density at radius 2 is 1.68 bits per heavy atom. The number of para-hydroxylation sites is 2. The SMILES string of the molecule is Cc1ccccc1-n1nnc(-c2nnc3sc4ccccc4n23)c1C. The summed E-state index contributed by atoms with van der Waals surface area (Å²) in [5.74, 6) is 0.727. The summed E-state index contributed by atoms with van der Waals surface area (Å²) in [5.41, 5.74) is 4.95. The summed E-state index contributed by atoms with van der Waals surface area (Å²) in [7, 11) is 0. The first-order chi connectivity index (χ1) is 12.2. The van der Waals surface area contributed by atoms with Crippen molar-refractivity contribution in [2.75, 3.05) is 0 Å². The highest BCUT2D eigenvalue weighted by atomic mass is 32.1. The molecule has 0 spiro atoms. The molecule has 3 heterocycles. The van der Waals surface area contributed by atoms with Gasteiger partial charge in [-0.2, -0.15) is 0 Å². The number of rotatable bonds is 2. The highest BCUT2D eigenvalue weighted by Gasteiger charge is 2.20. The summed E-state index contributed by atoms with van der Waals surface area (Å²) in [6.07, 6.45) is 0. The molecular weight excluding hydrogens is 332 g/mol. The Morgan fingerprint density at radius 1 is 0.880 bits per heavy atom. The highest BCUT2D eigenvalue weighted by molar-refractivity contribution is 7.23. The lowest BCUT2D eigenvalue weighted by atomic mass is 10.2. The van der Waals surface area contributed by atoms with Crippen LogP contribution in [0.1, 0.15) is 11.3 Å². The molecule has 122 valence electrons. The Bertz CT molecular complexity index is 1230. The first kappa shape index (κ1) is 14.3. The molecule has 0 unspecified atom stereocenters. The quantitative estimate of drug-likeness (QED) is 0.488. The van der Waals surface area contributed by atoms with Gasteiger partial charge in [-0.15, -0.1) is 15.3 Å². The Hall–Kier alpha value is -3.06. The summed E-state index contributed by atoms with van der Waals surface area (Å²) in [6, 6.07) is 16.4. The number of aryl methyl sites for hydroxylation is 1. The zero-order valence-corrected chi connectivity index (χ0v) is 14.5. The minimum atomic E-state index is 0.727. The van der Waals surface area contributed by atoms with Gasteiger partial charge in [0.05, 0.1) is 21.6 Å². The molecule has 0 amide bonds. The molecule has 0 aliphatic heterocycles. The van der Waals surface area contributed by atoms with E-state index in [1.54, 1.807) is 11.3 Å². The monoisotopic (exact) mass is 346 g/mol. The smallest absolute Gasteiger partial charge is 0.217 e. The third-order valence-electron chi connectivity index (χ3n) is 4.39. The van der Waals surface area contributed by atoms with Gasteiger partial charge in [0.15, 0.2) is 11.5 Å². The van der Waals surface area contributed by atoms with Crippen molar-refractivity contribution in [1.82, 2.24) is 29.6 Å². The molecule has 0 aliphatic rings. The van der Waals surface area contributed by atoms with Gasteiger partial charge in [0.2, 0.25) is 4.96 Å². The maximum Gasteiger partial charge on any atom is 0.217 e. The predicted octanol–water partition coefficient (Wildman–Crippen LogP) is 3.81. The Morgan fingerprint density at radius 3 is 2.56 bits per heavy atom. The van der Waals surface area contributed by atoms with Gasteiger partial charge >= 0.3 is 0 Å².